The molecule has 0 saturated carbocycles. The van der Waals surface area contributed by atoms with Gasteiger partial charge in [-0.25, -0.2) is 4.98 Å². The zero-order chi connectivity index (χ0) is 22.6. The first-order chi connectivity index (χ1) is 16.1. The predicted octanol–water partition coefficient (Wildman–Crippen LogP) is 3.46. The molecule has 1 aromatic carbocycles. The Labute approximate surface area is 193 Å². The zero-order valence-corrected chi connectivity index (χ0v) is 18.7. The SMILES string of the molecule is CC(=O)NC(CC1Cc2ccc(Oc3ccc(-c4ccn[nH]4)cn3)cc2O1)C1CCNCC1. The lowest BCUT2D eigenvalue weighted by Gasteiger charge is -2.32. The summed E-state index contributed by atoms with van der Waals surface area (Å²) >= 11 is 0. The van der Waals surface area contributed by atoms with E-state index in [2.05, 4.69) is 31.9 Å². The van der Waals surface area contributed by atoms with Crippen LogP contribution in [0.5, 0.6) is 17.4 Å². The summed E-state index contributed by atoms with van der Waals surface area (Å²) in [6.07, 6.45) is 7.32. The third-order valence-corrected chi connectivity index (χ3v) is 6.41. The van der Waals surface area contributed by atoms with E-state index in [0.29, 0.717) is 17.5 Å². The molecule has 3 aromatic rings. The fraction of sp³-hybridized carbons (Fsp3) is 0.400. The van der Waals surface area contributed by atoms with Gasteiger partial charge in [0.25, 0.3) is 0 Å². The number of hydrogen-bond acceptors (Lipinski definition) is 6. The second kappa shape index (κ2) is 9.62. The first-order valence-corrected chi connectivity index (χ1v) is 11.5. The summed E-state index contributed by atoms with van der Waals surface area (Å²) in [6, 6.07) is 11.8. The van der Waals surface area contributed by atoms with E-state index in [0.717, 1.165) is 55.8 Å². The average Bonchev–Trinajstić information content (AvgIpc) is 3.49. The van der Waals surface area contributed by atoms with Crippen LogP contribution in [0.2, 0.25) is 0 Å². The van der Waals surface area contributed by atoms with Crippen molar-refractivity contribution in [2.45, 2.75) is 44.8 Å². The van der Waals surface area contributed by atoms with Gasteiger partial charge in [-0.15, -0.1) is 0 Å². The molecule has 1 amide bonds. The summed E-state index contributed by atoms with van der Waals surface area (Å²) in [5.74, 6) is 2.56. The van der Waals surface area contributed by atoms with E-state index in [1.165, 1.54) is 5.56 Å². The number of fused-ring (bicyclic) bond motifs is 1. The largest absolute Gasteiger partial charge is 0.490 e. The molecule has 1 fully saturated rings. The van der Waals surface area contributed by atoms with Crippen LogP contribution in [0.4, 0.5) is 0 Å². The molecule has 1 saturated heterocycles. The van der Waals surface area contributed by atoms with Crippen molar-refractivity contribution >= 4 is 5.91 Å². The van der Waals surface area contributed by atoms with E-state index in [1.54, 1.807) is 19.3 Å². The van der Waals surface area contributed by atoms with Gasteiger partial charge in [-0.05, 0) is 55.6 Å². The lowest BCUT2D eigenvalue weighted by Crippen LogP contribution is -2.45. The van der Waals surface area contributed by atoms with Gasteiger partial charge >= 0.3 is 0 Å². The number of benzene rings is 1. The highest BCUT2D eigenvalue weighted by Gasteiger charge is 2.31. The Hall–Kier alpha value is -3.39. The Bertz CT molecular complexity index is 1080. The molecule has 33 heavy (non-hydrogen) atoms. The van der Waals surface area contributed by atoms with Gasteiger partial charge in [-0.1, -0.05) is 6.07 Å². The van der Waals surface area contributed by atoms with E-state index in [4.69, 9.17) is 9.47 Å². The molecule has 2 atom stereocenters. The predicted molar refractivity (Wildman–Crippen MR) is 124 cm³/mol. The van der Waals surface area contributed by atoms with Gasteiger partial charge in [0.15, 0.2) is 0 Å². The molecule has 0 spiro atoms. The van der Waals surface area contributed by atoms with Gasteiger partial charge < -0.3 is 20.1 Å². The maximum atomic E-state index is 11.8. The number of rotatable bonds is 7. The number of nitrogens with zero attached hydrogens (tertiary/aromatic N) is 2. The first-order valence-electron chi connectivity index (χ1n) is 11.5. The van der Waals surface area contributed by atoms with Crippen molar-refractivity contribution < 1.29 is 14.3 Å². The lowest BCUT2D eigenvalue weighted by molar-refractivity contribution is -0.120. The number of piperidine rings is 1. The molecule has 8 nitrogen and oxygen atoms in total. The number of carbonyl (C=O) groups is 1. The van der Waals surface area contributed by atoms with Crippen LogP contribution < -0.4 is 20.1 Å². The quantitative estimate of drug-likeness (QED) is 0.513. The van der Waals surface area contributed by atoms with E-state index in [-0.39, 0.29) is 18.1 Å². The van der Waals surface area contributed by atoms with Crippen molar-refractivity contribution in [2.24, 2.45) is 5.92 Å². The van der Waals surface area contributed by atoms with Crippen molar-refractivity contribution in [2.75, 3.05) is 13.1 Å². The molecule has 5 rings (SSSR count). The van der Waals surface area contributed by atoms with Gasteiger partial charge in [0.1, 0.15) is 17.6 Å². The summed E-state index contributed by atoms with van der Waals surface area (Å²) < 4.78 is 12.2. The molecule has 2 unspecified atom stereocenters. The number of aromatic nitrogens is 3. The molecule has 8 heteroatoms. The topological polar surface area (TPSA) is 101 Å². The molecule has 4 heterocycles. The summed E-state index contributed by atoms with van der Waals surface area (Å²) in [4.78, 5) is 16.2. The summed E-state index contributed by atoms with van der Waals surface area (Å²) in [5.41, 5.74) is 3.03. The third kappa shape index (κ3) is 5.17. The number of ether oxygens (including phenoxy) is 2. The van der Waals surface area contributed by atoms with Gasteiger partial charge in [-0.2, -0.15) is 5.10 Å². The molecule has 172 valence electrons. The monoisotopic (exact) mass is 447 g/mol. The Morgan fingerprint density at radius 2 is 2.12 bits per heavy atom. The van der Waals surface area contributed by atoms with Gasteiger partial charge in [-0.3, -0.25) is 9.89 Å². The Morgan fingerprint density at radius 3 is 2.85 bits per heavy atom. The van der Waals surface area contributed by atoms with Crippen LogP contribution in [0.25, 0.3) is 11.3 Å². The number of pyridine rings is 1. The molecule has 2 aromatic heterocycles. The summed E-state index contributed by atoms with van der Waals surface area (Å²) in [7, 11) is 0. The molecular formula is C25H29N5O3. The Balaban J connectivity index is 1.22. The number of aromatic amines is 1. The second-order valence-electron chi connectivity index (χ2n) is 8.80. The van der Waals surface area contributed by atoms with Gasteiger partial charge in [0.2, 0.25) is 11.8 Å². The van der Waals surface area contributed by atoms with Crippen LogP contribution >= 0.6 is 0 Å². The van der Waals surface area contributed by atoms with E-state index >= 15 is 0 Å². The zero-order valence-electron chi connectivity index (χ0n) is 18.7. The minimum atomic E-state index is 0.0239. The van der Waals surface area contributed by atoms with Crippen LogP contribution in [-0.2, 0) is 11.2 Å². The molecule has 0 aliphatic carbocycles. The lowest BCUT2D eigenvalue weighted by atomic mass is 9.86. The van der Waals surface area contributed by atoms with E-state index in [9.17, 15) is 4.79 Å². The third-order valence-electron chi connectivity index (χ3n) is 6.41. The van der Waals surface area contributed by atoms with Crippen LogP contribution in [-0.4, -0.2) is 46.3 Å². The van der Waals surface area contributed by atoms with Crippen molar-refractivity contribution in [1.82, 2.24) is 25.8 Å². The van der Waals surface area contributed by atoms with Gasteiger partial charge in [0.05, 0.1) is 5.69 Å². The maximum absolute atomic E-state index is 11.8. The normalized spacial score (nSPS) is 18.9. The summed E-state index contributed by atoms with van der Waals surface area (Å²) in [6.45, 7) is 3.60. The van der Waals surface area contributed by atoms with Crippen LogP contribution in [0, 0.1) is 5.92 Å². The minimum absolute atomic E-state index is 0.0239. The molecule has 3 N–H and O–H groups in total. The smallest absolute Gasteiger partial charge is 0.219 e. The summed E-state index contributed by atoms with van der Waals surface area (Å²) in [5, 5.41) is 13.5. The van der Waals surface area contributed by atoms with Crippen LogP contribution in [0.15, 0.2) is 48.8 Å². The Morgan fingerprint density at radius 1 is 1.24 bits per heavy atom. The molecule has 0 bridgehead atoms. The fourth-order valence-corrected chi connectivity index (χ4v) is 4.77. The molecular weight excluding hydrogens is 418 g/mol. The average molecular weight is 448 g/mol. The van der Waals surface area contributed by atoms with Crippen LogP contribution in [0.3, 0.4) is 0 Å². The number of H-pyrrole nitrogens is 1. The van der Waals surface area contributed by atoms with Crippen molar-refractivity contribution in [1.29, 1.82) is 0 Å². The van der Waals surface area contributed by atoms with E-state index in [1.807, 2.05) is 30.3 Å². The highest BCUT2D eigenvalue weighted by Crippen LogP contribution is 2.36. The highest BCUT2D eigenvalue weighted by atomic mass is 16.5. The highest BCUT2D eigenvalue weighted by molar-refractivity contribution is 5.73. The van der Waals surface area contributed by atoms with Crippen molar-refractivity contribution in [3.63, 3.8) is 0 Å². The van der Waals surface area contributed by atoms with Crippen molar-refractivity contribution in [3.8, 4) is 28.6 Å². The molecule has 2 aliphatic rings. The first kappa shape index (κ1) is 21.5. The standard InChI is InChI=1S/C25H29N5O3/c1-16(31)29-23(17-6-9-26-10-7-17)13-21-12-18-2-4-20(14-24(18)32-21)33-25-5-3-19(15-27-25)22-8-11-28-30-22/h2-5,8,11,14-15,17,21,23,26H,6-7,9-10,12-13H2,1H3,(H,28,30)(H,29,31). The van der Waals surface area contributed by atoms with Gasteiger partial charge in [0, 0.05) is 55.9 Å². The fourth-order valence-electron chi connectivity index (χ4n) is 4.77. The molecule has 2 aliphatic heterocycles. The van der Waals surface area contributed by atoms with Crippen molar-refractivity contribution in [3.05, 3.63) is 54.4 Å². The van der Waals surface area contributed by atoms with Crippen LogP contribution in [0.1, 0.15) is 31.7 Å². The minimum Gasteiger partial charge on any atom is -0.490 e. The molecule has 0 radical (unpaired) electrons. The number of nitrogens with one attached hydrogen (secondary N) is 3. The second-order valence-corrected chi connectivity index (χ2v) is 8.80. The Kier molecular flexibility index (Phi) is 6.26. The number of carbonyl (C=O) groups excluding carboxylic acids is 1. The number of hydrogen-bond donors (Lipinski definition) is 3. The van der Waals surface area contributed by atoms with E-state index < -0.39 is 0 Å². The maximum Gasteiger partial charge on any atom is 0.219 e. The number of amides is 1.